The van der Waals surface area contributed by atoms with Crippen LogP contribution in [0.2, 0.25) is 15.1 Å². The van der Waals surface area contributed by atoms with Crippen LogP contribution in [0, 0.1) is 5.82 Å². The Kier molecular flexibility index (Phi) is 7.52. The summed E-state index contributed by atoms with van der Waals surface area (Å²) < 4.78 is 25.7. The Bertz CT molecular complexity index is 1010. The summed E-state index contributed by atoms with van der Waals surface area (Å²) >= 11 is 21.9. The number of nitrogens with one attached hydrogen (secondary N) is 1. The number of rotatable bonds is 7. The average molecular weight is 520 g/mol. The molecule has 1 N–H and O–H groups in total. The summed E-state index contributed by atoms with van der Waals surface area (Å²) in [6.07, 6.45) is 0. The highest BCUT2D eigenvalue weighted by atomic mass is 79.9. The van der Waals surface area contributed by atoms with E-state index in [9.17, 15) is 4.39 Å². The summed E-state index contributed by atoms with van der Waals surface area (Å²) in [6, 6.07) is 13.4. The molecule has 0 aliphatic rings. The minimum absolute atomic E-state index is 0.0459. The van der Waals surface area contributed by atoms with Crippen LogP contribution in [0.5, 0.6) is 11.5 Å². The highest BCUT2D eigenvalue weighted by Crippen LogP contribution is 2.38. The first kappa shape index (κ1) is 22.0. The molecule has 0 heterocycles. The first-order chi connectivity index (χ1) is 13.9. The van der Waals surface area contributed by atoms with E-state index in [1.165, 1.54) is 12.1 Å². The van der Waals surface area contributed by atoms with Gasteiger partial charge in [0.25, 0.3) is 0 Å². The second-order valence-corrected chi connectivity index (χ2v) is 8.10. The second kappa shape index (κ2) is 9.90. The molecule has 29 heavy (non-hydrogen) atoms. The van der Waals surface area contributed by atoms with Crippen LogP contribution >= 0.6 is 50.7 Å². The van der Waals surface area contributed by atoms with E-state index < -0.39 is 5.82 Å². The molecular formula is C21H16BrCl3FNO2. The normalized spacial score (nSPS) is 10.7. The van der Waals surface area contributed by atoms with Crippen LogP contribution in [-0.2, 0) is 13.2 Å². The number of benzene rings is 3. The molecule has 3 nitrogen and oxygen atoms in total. The Morgan fingerprint density at radius 2 is 1.69 bits per heavy atom. The SMILES string of the molecule is COc1ccc(Br)c(CNc2ccc(F)c(Cl)c2)c1OCc1c(Cl)cccc1Cl. The van der Waals surface area contributed by atoms with Gasteiger partial charge < -0.3 is 14.8 Å². The largest absolute Gasteiger partial charge is 0.493 e. The van der Waals surface area contributed by atoms with Crippen molar-refractivity contribution in [2.45, 2.75) is 13.2 Å². The van der Waals surface area contributed by atoms with E-state index in [0.29, 0.717) is 39.3 Å². The van der Waals surface area contributed by atoms with Gasteiger partial charge in [-0.3, -0.25) is 0 Å². The van der Waals surface area contributed by atoms with Crippen molar-refractivity contribution in [1.82, 2.24) is 0 Å². The van der Waals surface area contributed by atoms with Gasteiger partial charge in [0.2, 0.25) is 0 Å². The van der Waals surface area contributed by atoms with Crippen molar-refractivity contribution in [3.05, 3.63) is 85.0 Å². The van der Waals surface area contributed by atoms with Gasteiger partial charge in [0.1, 0.15) is 12.4 Å². The maximum absolute atomic E-state index is 13.4. The summed E-state index contributed by atoms with van der Waals surface area (Å²) in [5.74, 6) is 0.629. The molecule has 0 fully saturated rings. The zero-order valence-corrected chi connectivity index (χ0v) is 19.1. The van der Waals surface area contributed by atoms with Crippen molar-refractivity contribution in [2.24, 2.45) is 0 Å². The molecule has 3 aromatic rings. The van der Waals surface area contributed by atoms with E-state index in [2.05, 4.69) is 21.2 Å². The van der Waals surface area contributed by atoms with Crippen molar-refractivity contribution in [3.8, 4) is 11.5 Å². The van der Waals surface area contributed by atoms with Crippen LogP contribution in [-0.4, -0.2) is 7.11 Å². The minimum atomic E-state index is -0.472. The van der Waals surface area contributed by atoms with Crippen molar-refractivity contribution >= 4 is 56.4 Å². The quantitative estimate of drug-likeness (QED) is 0.346. The number of hydrogen-bond acceptors (Lipinski definition) is 3. The summed E-state index contributed by atoms with van der Waals surface area (Å²) in [5, 5.41) is 4.30. The Hall–Kier alpha value is -1.66. The standard InChI is InChI=1S/C21H16BrCl3FNO2/c1-28-20-8-6-15(22)13(10-27-12-5-7-19(26)18(25)9-12)21(20)29-11-14-16(23)3-2-4-17(14)24/h2-9,27H,10-11H2,1H3. The number of methoxy groups -OCH3 is 1. The van der Waals surface area contributed by atoms with Crippen molar-refractivity contribution < 1.29 is 13.9 Å². The van der Waals surface area contributed by atoms with E-state index in [-0.39, 0.29) is 11.6 Å². The van der Waals surface area contributed by atoms with Crippen molar-refractivity contribution in [1.29, 1.82) is 0 Å². The first-order valence-corrected chi connectivity index (χ1v) is 10.4. The zero-order valence-electron chi connectivity index (χ0n) is 15.2. The Morgan fingerprint density at radius 3 is 2.34 bits per heavy atom. The third-order valence-electron chi connectivity index (χ3n) is 4.20. The van der Waals surface area contributed by atoms with Crippen LogP contribution in [0.1, 0.15) is 11.1 Å². The molecule has 3 aromatic carbocycles. The molecule has 0 radical (unpaired) electrons. The Morgan fingerprint density at radius 1 is 0.966 bits per heavy atom. The fourth-order valence-corrected chi connectivity index (χ4v) is 3.82. The molecule has 0 unspecified atom stereocenters. The molecule has 0 bridgehead atoms. The van der Waals surface area contributed by atoms with Crippen LogP contribution in [0.25, 0.3) is 0 Å². The molecule has 0 saturated heterocycles. The molecule has 0 saturated carbocycles. The monoisotopic (exact) mass is 517 g/mol. The molecule has 152 valence electrons. The lowest BCUT2D eigenvalue weighted by atomic mass is 10.1. The lowest BCUT2D eigenvalue weighted by Gasteiger charge is -2.18. The van der Waals surface area contributed by atoms with Crippen molar-refractivity contribution in [3.63, 3.8) is 0 Å². The number of hydrogen-bond donors (Lipinski definition) is 1. The predicted molar refractivity (Wildman–Crippen MR) is 120 cm³/mol. The van der Waals surface area contributed by atoms with E-state index in [4.69, 9.17) is 44.3 Å². The third kappa shape index (κ3) is 5.28. The molecule has 0 spiro atoms. The number of ether oxygens (including phenoxy) is 2. The molecule has 3 rings (SSSR count). The molecule has 8 heteroatoms. The lowest BCUT2D eigenvalue weighted by Crippen LogP contribution is -2.07. The summed E-state index contributed by atoms with van der Waals surface area (Å²) in [5.41, 5.74) is 2.17. The fraction of sp³-hybridized carbons (Fsp3) is 0.143. The third-order valence-corrected chi connectivity index (χ3v) is 5.94. The molecule has 0 amide bonds. The van der Waals surface area contributed by atoms with Gasteiger partial charge >= 0.3 is 0 Å². The van der Waals surface area contributed by atoms with Gasteiger partial charge in [-0.1, -0.05) is 56.8 Å². The zero-order chi connectivity index (χ0) is 21.0. The first-order valence-electron chi connectivity index (χ1n) is 8.50. The van der Waals surface area contributed by atoms with Gasteiger partial charge in [-0.2, -0.15) is 0 Å². The highest BCUT2D eigenvalue weighted by molar-refractivity contribution is 9.10. The van der Waals surface area contributed by atoms with E-state index in [1.807, 2.05) is 6.07 Å². The Balaban J connectivity index is 1.87. The van der Waals surface area contributed by atoms with Crippen molar-refractivity contribution in [2.75, 3.05) is 12.4 Å². The van der Waals surface area contributed by atoms with Gasteiger partial charge in [-0.15, -0.1) is 0 Å². The fourth-order valence-electron chi connectivity index (χ4n) is 2.68. The molecule has 0 aromatic heterocycles. The van der Waals surface area contributed by atoms with Gasteiger partial charge in [0, 0.05) is 37.9 Å². The molecule has 0 aliphatic heterocycles. The topological polar surface area (TPSA) is 30.5 Å². The van der Waals surface area contributed by atoms with Crippen LogP contribution in [0.4, 0.5) is 10.1 Å². The maximum Gasteiger partial charge on any atom is 0.167 e. The highest BCUT2D eigenvalue weighted by Gasteiger charge is 2.16. The average Bonchev–Trinajstić information content (AvgIpc) is 2.69. The molecular weight excluding hydrogens is 503 g/mol. The number of anilines is 1. The minimum Gasteiger partial charge on any atom is -0.493 e. The van der Waals surface area contributed by atoms with Gasteiger partial charge in [-0.25, -0.2) is 4.39 Å². The van der Waals surface area contributed by atoms with Crippen LogP contribution in [0.3, 0.4) is 0 Å². The predicted octanol–water partition coefficient (Wildman–Crippen LogP) is 7.75. The van der Waals surface area contributed by atoms with Gasteiger partial charge in [0.15, 0.2) is 11.5 Å². The number of halogens is 5. The van der Waals surface area contributed by atoms with Gasteiger partial charge in [0.05, 0.1) is 12.1 Å². The molecule has 0 aliphatic carbocycles. The second-order valence-electron chi connectivity index (χ2n) is 6.03. The van der Waals surface area contributed by atoms with E-state index in [0.717, 1.165) is 10.0 Å². The smallest absolute Gasteiger partial charge is 0.167 e. The van der Waals surface area contributed by atoms with Crippen LogP contribution in [0.15, 0.2) is 53.0 Å². The summed E-state index contributed by atoms with van der Waals surface area (Å²) in [7, 11) is 1.57. The van der Waals surface area contributed by atoms with Gasteiger partial charge in [-0.05, 0) is 42.5 Å². The molecule has 0 atom stereocenters. The van der Waals surface area contributed by atoms with E-state index >= 15 is 0 Å². The maximum atomic E-state index is 13.4. The summed E-state index contributed by atoms with van der Waals surface area (Å²) in [4.78, 5) is 0. The van der Waals surface area contributed by atoms with E-state index in [1.54, 1.807) is 37.4 Å². The summed E-state index contributed by atoms with van der Waals surface area (Å²) in [6.45, 7) is 0.548. The lowest BCUT2D eigenvalue weighted by molar-refractivity contribution is 0.281. The van der Waals surface area contributed by atoms with Crippen LogP contribution < -0.4 is 14.8 Å². The Labute approximate surface area is 191 Å².